The first-order valence-corrected chi connectivity index (χ1v) is 9.79. The van der Waals surface area contributed by atoms with E-state index in [4.69, 9.17) is 14.2 Å². The lowest BCUT2D eigenvalue weighted by atomic mass is 9.59. The van der Waals surface area contributed by atoms with E-state index in [-0.39, 0.29) is 29.2 Å². The zero-order valence-corrected chi connectivity index (χ0v) is 16.7. The molecule has 0 amide bonds. The summed E-state index contributed by atoms with van der Waals surface area (Å²) in [5.41, 5.74) is 2.00. The molecule has 146 valence electrons. The zero-order valence-electron chi connectivity index (χ0n) is 16.7. The highest BCUT2D eigenvalue weighted by molar-refractivity contribution is 5.66. The average Bonchev–Trinajstić information content (AvgIpc) is 2.82. The van der Waals surface area contributed by atoms with Gasteiger partial charge in [0.25, 0.3) is 0 Å². The summed E-state index contributed by atoms with van der Waals surface area (Å²) < 4.78 is 16.6. The van der Waals surface area contributed by atoms with E-state index in [0.717, 1.165) is 12.8 Å². The molecule has 3 aliphatic rings. The third-order valence-electron chi connectivity index (χ3n) is 6.40. The van der Waals surface area contributed by atoms with Gasteiger partial charge in [-0.3, -0.25) is 9.59 Å². The van der Waals surface area contributed by atoms with Gasteiger partial charge in [-0.2, -0.15) is 0 Å². The SMILES string of the molecule is CC(=O)O[C@H]1O[C@@H](OC(C)=O)[C@@H]2CC=C([C@]3(C)CCCC(C)(C)C3)C[C@H]12. The summed E-state index contributed by atoms with van der Waals surface area (Å²) in [6, 6.07) is 0. The van der Waals surface area contributed by atoms with Gasteiger partial charge >= 0.3 is 11.9 Å². The number of carbonyl (C=O) groups is 2. The van der Waals surface area contributed by atoms with Gasteiger partial charge in [-0.15, -0.1) is 0 Å². The van der Waals surface area contributed by atoms with E-state index in [1.807, 2.05) is 0 Å². The molecule has 0 spiro atoms. The summed E-state index contributed by atoms with van der Waals surface area (Å²) in [5.74, 6) is -0.636. The highest BCUT2D eigenvalue weighted by atomic mass is 16.8. The number of allylic oxidation sites excluding steroid dienone is 2. The molecule has 2 aliphatic carbocycles. The van der Waals surface area contributed by atoms with Crippen LogP contribution in [0.1, 0.15) is 73.1 Å². The average molecular weight is 364 g/mol. The molecule has 26 heavy (non-hydrogen) atoms. The monoisotopic (exact) mass is 364 g/mol. The van der Waals surface area contributed by atoms with Crippen molar-refractivity contribution in [1.29, 1.82) is 0 Å². The fourth-order valence-electron chi connectivity index (χ4n) is 5.40. The Morgan fingerprint density at radius 3 is 2.23 bits per heavy atom. The standard InChI is InChI=1S/C21H32O5/c1-13(22)24-18-16-8-7-15(11-17(16)19(26-18)25-14(2)23)21(5)10-6-9-20(3,4)12-21/h7,16-19H,6,8-12H2,1-5H3/t16-,17+,18-,19+,21-/m1/s1. The van der Waals surface area contributed by atoms with Crippen LogP contribution in [0.3, 0.4) is 0 Å². The van der Waals surface area contributed by atoms with Crippen LogP contribution in [0.2, 0.25) is 0 Å². The van der Waals surface area contributed by atoms with Crippen LogP contribution in [0.15, 0.2) is 11.6 Å². The predicted octanol–water partition coefficient (Wildman–Crippen LogP) is 4.35. The quantitative estimate of drug-likeness (QED) is 0.550. The van der Waals surface area contributed by atoms with Crippen molar-refractivity contribution >= 4 is 11.9 Å². The third-order valence-corrected chi connectivity index (χ3v) is 6.40. The minimum atomic E-state index is -0.634. The Morgan fingerprint density at radius 2 is 1.65 bits per heavy atom. The lowest BCUT2D eigenvalue weighted by Crippen LogP contribution is -2.37. The predicted molar refractivity (Wildman–Crippen MR) is 96.8 cm³/mol. The van der Waals surface area contributed by atoms with Crippen LogP contribution in [0.5, 0.6) is 0 Å². The second-order valence-electron chi connectivity index (χ2n) is 9.34. The van der Waals surface area contributed by atoms with E-state index in [1.165, 1.54) is 45.1 Å². The number of rotatable bonds is 3. The highest BCUT2D eigenvalue weighted by Crippen LogP contribution is 2.55. The minimum Gasteiger partial charge on any atom is -0.435 e. The Bertz CT molecular complexity index is 608. The van der Waals surface area contributed by atoms with Gasteiger partial charge in [0.2, 0.25) is 12.6 Å². The van der Waals surface area contributed by atoms with Crippen molar-refractivity contribution in [3.8, 4) is 0 Å². The summed E-state index contributed by atoms with van der Waals surface area (Å²) in [5, 5.41) is 0. The molecule has 2 fully saturated rings. The van der Waals surface area contributed by atoms with Crippen LogP contribution < -0.4 is 0 Å². The van der Waals surface area contributed by atoms with E-state index in [9.17, 15) is 9.59 Å². The zero-order chi connectivity index (χ0) is 19.1. The van der Waals surface area contributed by atoms with Crippen molar-refractivity contribution in [2.75, 3.05) is 0 Å². The molecule has 1 aliphatic heterocycles. The fourth-order valence-corrected chi connectivity index (χ4v) is 5.40. The largest absolute Gasteiger partial charge is 0.435 e. The van der Waals surface area contributed by atoms with Crippen LogP contribution in [-0.2, 0) is 23.8 Å². The Kier molecular flexibility index (Phi) is 5.22. The summed E-state index contributed by atoms with van der Waals surface area (Å²) >= 11 is 0. The Labute approximate surface area is 156 Å². The molecular weight excluding hydrogens is 332 g/mol. The van der Waals surface area contributed by atoms with Crippen LogP contribution in [0.25, 0.3) is 0 Å². The fraction of sp³-hybridized carbons (Fsp3) is 0.810. The molecule has 5 atom stereocenters. The Hall–Kier alpha value is -1.36. The Balaban J connectivity index is 1.81. The molecule has 3 rings (SSSR count). The van der Waals surface area contributed by atoms with E-state index in [0.29, 0.717) is 5.41 Å². The molecule has 0 aromatic heterocycles. The lowest BCUT2D eigenvalue weighted by Gasteiger charge is -2.46. The molecule has 1 saturated carbocycles. The number of hydrogen-bond acceptors (Lipinski definition) is 5. The molecule has 0 unspecified atom stereocenters. The first-order chi connectivity index (χ1) is 12.1. The molecule has 5 nitrogen and oxygen atoms in total. The van der Waals surface area contributed by atoms with E-state index >= 15 is 0 Å². The second-order valence-corrected chi connectivity index (χ2v) is 9.34. The van der Waals surface area contributed by atoms with Gasteiger partial charge in [0.05, 0.1) is 0 Å². The molecular formula is C21H32O5. The molecule has 0 bridgehead atoms. The lowest BCUT2D eigenvalue weighted by molar-refractivity contribution is -0.214. The van der Waals surface area contributed by atoms with Crippen molar-refractivity contribution in [3.05, 3.63) is 11.6 Å². The third kappa shape index (κ3) is 3.98. The minimum absolute atomic E-state index is 0.0464. The van der Waals surface area contributed by atoms with Gasteiger partial charge in [0, 0.05) is 25.7 Å². The van der Waals surface area contributed by atoms with Crippen molar-refractivity contribution < 1.29 is 23.8 Å². The number of hydrogen-bond donors (Lipinski definition) is 0. The van der Waals surface area contributed by atoms with Crippen molar-refractivity contribution in [1.82, 2.24) is 0 Å². The maximum atomic E-state index is 11.5. The first-order valence-electron chi connectivity index (χ1n) is 9.79. The van der Waals surface area contributed by atoms with Crippen molar-refractivity contribution in [2.45, 2.75) is 85.7 Å². The smallest absolute Gasteiger partial charge is 0.304 e. The van der Waals surface area contributed by atoms with Gasteiger partial charge in [-0.25, -0.2) is 0 Å². The van der Waals surface area contributed by atoms with Gasteiger partial charge in [0.1, 0.15) is 0 Å². The summed E-state index contributed by atoms with van der Waals surface area (Å²) in [6.07, 6.45) is 7.60. The van der Waals surface area contributed by atoms with Gasteiger partial charge in [-0.05, 0) is 42.9 Å². The first kappa shape index (κ1) is 19.4. The Morgan fingerprint density at radius 1 is 1.04 bits per heavy atom. The van der Waals surface area contributed by atoms with E-state index < -0.39 is 12.6 Å². The summed E-state index contributed by atoms with van der Waals surface area (Å²) in [6.45, 7) is 9.86. The molecule has 0 radical (unpaired) electrons. The van der Waals surface area contributed by atoms with Crippen molar-refractivity contribution in [3.63, 3.8) is 0 Å². The molecule has 0 aromatic rings. The number of ether oxygens (including phenoxy) is 3. The van der Waals surface area contributed by atoms with Crippen molar-refractivity contribution in [2.24, 2.45) is 22.7 Å². The highest BCUT2D eigenvalue weighted by Gasteiger charge is 2.51. The van der Waals surface area contributed by atoms with Gasteiger partial charge in [-0.1, -0.05) is 38.8 Å². The number of fused-ring (bicyclic) bond motifs is 1. The van der Waals surface area contributed by atoms with Crippen LogP contribution in [-0.4, -0.2) is 24.5 Å². The summed E-state index contributed by atoms with van der Waals surface area (Å²) in [4.78, 5) is 22.9. The molecule has 1 heterocycles. The topological polar surface area (TPSA) is 61.8 Å². The maximum absolute atomic E-state index is 11.5. The molecule has 5 heteroatoms. The van der Waals surface area contributed by atoms with Crippen LogP contribution in [0.4, 0.5) is 0 Å². The van der Waals surface area contributed by atoms with Crippen LogP contribution >= 0.6 is 0 Å². The van der Waals surface area contributed by atoms with Gasteiger partial charge in [0.15, 0.2) is 0 Å². The normalized spacial score (nSPS) is 38.9. The number of carbonyl (C=O) groups excluding carboxylic acids is 2. The molecule has 1 saturated heterocycles. The molecule has 0 aromatic carbocycles. The van der Waals surface area contributed by atoms with E-state index in [1.54, 1.807) is 0 Å². The van der Waals surface area contributed by atoms with E-state index in [2.05, 4.69) is 26.8 Å². The summed E-state index contributed by atoms with van der Waals surface area (Å²) in [7, 11) is 0. The van der Waals surface area contributed by atoms with Gasteiger partial charge < -0.3 is 14.2 Å². The second kappa shape index (κ2) is 6.99. The molecule has 0 N–H and O–H groups in total. The van der Waals surface area contributed by atoms with Crippen LogP contribution in [0, 0.1) is 22.7 Å². The number of esters is 2. The maximum Gasteiger partial charge on any atom is 0.304 e.